The summed E-state index contributed by atoms with van der Waals surface area (Å²) in [6.45, 7) is 5.96. The van der Waals surface area contributed by atoms with Gasteiger partial charge in [0.2, 0.25) is 0 Å². The molecule has 1 rings (SSSR count). The minimum Gasteiger partial charge on any atom is -0.367 e. The zero-order valence-corrected chi connectivity index (χ0v) is 8.74. The fourth-order valence-corrected chi connectivity index (χ4v) is 0.917. The van der Waals surface area contributed by atoms with Crippen LogP contribution in [-0.4, -0.2) is 29.9 Å². The molecule has 4 nitrogen and oxygen atoms in total. The molecule has 14 heavy (non-hydrogen) atoms. The van der Waals surface area contributed by atoms with Crippen molar-refractivity contribution in [3.8, 4) is 0 Å². The third kappa shape index (κ3) is 2.96. The Morgan fingerprint density at radius 3 is 2.64 bits per heavy atom. The zero-order valence-electron chi connectivity index (χ0n) is 8.74. The van der Waals surface area contributed by atoms with Crippen LogP contribution in [0.2, 0.25) is 0 Å². The molecule has 0 radical (unpaired) electrons. The normalized spacial score (nSPS) is 18.4. The predicted molar refractivity (Wildman–Crippen MR) is 51.3 cm³/mol. The van der Waals surface area contributed by atoms with Crippen molar-refractivity contribution < 1.29 is 14.4 Å². The molecule has 4 heteroatoms. The lowest BCUT2D eigenvalue weighted by atomic mass is 9.98. The van der Waals surface area contributed by atoms with Crippen molar-refractivity contribution in [2.75, 3.05) is 13.1 Å². The topological polar surface area (TPSA) is 46.6 Å². The van der Waals surface area contributed by atoms with Crippen LogP contribution in [0.25, 0.3) is 0 Å². The number of nitrogens with zero attached hydrogens (tertiary/aromatic N) is 1. The number of hydrogen-bond donors (Lipinski definition) is 0. The van der Waals surface area contributed by atoms with E-state index in [4.69, 9.17) is 4.84 Å². The van der Waals surface area contributed by atoms with Crippen LogP contribution < -0.4 is 0 Å². The number of hydroxylamine groups is 2. The van der Waals surface area contributed by atoms with Gasteiger partial charge in [-0.1, -0.05) is 6.08 Å². The minimum absolute atomic E-state index is 0.0436. The van der Waals surface area contributed by atoms with Gasteiger partial charge in [-0.15, -0.1) is 5.06 Å². The molecule has 0 atom stereocenters. The fourth-order valence-electron chi connectivity index (χ4n) is 0.917. The van der Waals surface area contributed by atoms with Crippen LogP contribution in [0, 0.1) is 5.41 Å². The summed E-state index contributed by atoms with van der Waals surface area (Å²) in [5, 5.41) is 1.37. The van der Waals surface area contributed by atoms with E-state index in [1.807, 2.05) is 0 Å². The third-order valence-electron chi connectivity index (χ3n) is 1.77. The molecular formula is C10H15NO3. The largest absolute Gasteiger partial charge is 0.367 e. The SMILES string of the molecule is CC(C)(C)C(=O)ON1CC=CC(=O)C1. The molecule has 0 amide bonds. The van der Waals surface area contributed by atoms with E-state index in [1.54, 1.807) is 26.8 Å². The maximum atomic E-state index is 11.4. The minimum atomic E-state index is -0.537. The Kier molecular flexibility index (Phi) is 3.06. The molecule has 0 aliphatic carbocycles. The van der Waals surface area contributed by atoms with Gasteiger partial charge in [0.1, 0.15) is 0 Å². The van der Waals surface area contributed by atoms with Gasteiger partial charge in [-0.2, -0.15) is 0 Å². The van der Waals surface area contributed by atoms with E-state index in [2.05, 4.69) is 0 Å². The fraction of sp³-hybridized carbons (Fsp3) is 0.600. The first-order chi connectivity index (χ1) is 6.39. The number of carbonyl (C=O) groups is 2. The number of carbonyl (C=O) groups excluding carboxylic acids is 2. The summed E-state index contributed by atoms with van der Waals surface area (Å²) in [4.78, 5) is 27.5. The molecule has 0 aromatic carbocycles. The standard InChI is InChI=1S/C10H15NO3/c1-10(2,3)9(13)14-11-6-4-5-8(12)7-11/h4-5H,6-7H2,1-3H3. The van der Waals surface area contributed by atoms with Gasteiger partial charge in [0, 0.05) is 0 Å². The highest BCUT2D eigenvalue weighted by Gasteiger charge is 2.26. The van der Waals surface area contributed by atoms with Crippen LogP contribution in [0.4, 0.5) is 0 Å². The van der Waals surface area contributed by atoms with Gasteiger partial charge in [-0.3, -0.25) is 4.79 Å². The van der Waals surface area contributed by atoms with E-state index in [9.17, 15) is 9.59 Å². The first-order valence-corrected chi connectivity index (χ1v) is 4.56. The zero-order chi connectivity index (χ0) is 10.8. The summed E-state index contributed by atoms with van der Waals surface area (Å²) >= 11 is 0. The van der Waals surface area contributed by atoms with Gasteiger partial charge in [0.05, 0.1) is 18.5 Å². The van der Waals surface area contributed by atoms with E-state index < -0.39 is 5.41 Å². The van der Waals surface area contributed by atoms with Crippen LogP contribution in [0.5, 0.6) is 0 Å². The summed E-state index contributed by atoms with van der Waals surface area (Å²) in [6, 6.07) is 0. The molecule has 1 aliphatic heterocycles. The van der Waals surface area contributed by atoms with E-state index in [-0.39, 0.29) is 18.3 Å². The third-order valence-corrected chi connectivity index (χ3v) is 1.77. The van der Waals surface area contributed by atoms with Crippen LogP contribution >= 0.6 is 0 Å². The van der Waals surface area contributed by atoms with Gasteiger partial charge < -0.3 is 4.84 Å². The lowest BCUT2D eigenvalue weighted by molar-refractivity contribution is -0.198. The van der Waals surface area contributed by atoms with Crippen LogP contribution in [0.15, 0.2) is 12.2 Å². The Hall–Kier alpha value is -1.16. The van der Waals surface area contributed by atoms with Crippen molar-refractivity contribution in [3.05, 3.63) is 12.2 Å². The average Bonchev–Trinajstić information content (AvgIpc) is 2.02. The highest BCUT2D eigenvalue weighted by Crippen LogP contribution is 2.16. The van der Waals surface area contributed by atoms with Crippen molar-refractivity contribution in [2.45, 2.75) is 20.8 Å². The first-order valence-electron chi connectivity index (χ1n) is 4.56. The smallest absolute Gasteiger partial charge is 0.330 e. The van der Waals surface area contributed by atoms with Crippen molar-refractivity contribution in [2.24, 2.45) is 5.41 Å². The quantitative estimate of drug-likeness (QED) is 0.627. The highest BCUT2D eigenvalue weighted by atomic mass is 16.7. The van der Waals surface area contributed by atoms with Crippen molar-refractivity contribution in [1.29, 1.82) is 0 Å². The Bertz CT molecular complexity index is 276. The molecule has 1 aliphatic rings. The Labute approximate surface area is 83.5 Å². The molecule has 78 valence electrons. The molecule has 0 saturated carbocycles. The van der Waals surface area contributed by atoms with Gasteiger partial charge in [0.25, 0.3) is 0 Å². The average molecular weight is 197 g/mol. The molecule has 1 heterocycles. The summed E-state index contributed by atoms with van der Waals surface area (Å²) < 4.78 is 0. The van der Waals surface area contributed by atoms with Crippen molar-refractivity contribution in [1.82, 2.24) is 5.06 Å². The molecular weight excluding hydrogens is 182 g/mol. The van der Waals surface area contributed by atoms with Gasteiger partial charge in [-0.05, 0) is 26.8 Å². The van der Waals surface area contributed by atoms with Crippen molar-refractivity contribution >= 4 is 11.8 Å². The van der Waals surface area contributed by atoms with Crippen LogP contribution in [0.3, 0.4) is 0 Å². The molecule has 0 spiro atoms. The van der Waals surface area contributed by atoms with Crippen LogP contribution in [-0.2, 0) is 14.4 Å². The Balaban J connectivity index is 2.50. The van der Waals surface area contributed by atoms with Crippen molar-refractivity contribution in [3.63, 3.8) is 0 Å². The van der Waals surface area contributed by atoms with Crippen LogP contribution in [0.1, 0.15) is 20.8 Å². The number of ketones is 1. The van der Waals surface area contributed by atoms with E-state index in [0.717, 1.165) is 0 Å². The second-order valence-electron chi connectivity index (χ2n) is 4.32. The highest BCUT2D eigenvalue weighted by molar-refractivity contribution is 5.92. The first kappa shape index (κ1) is 10.9. The van der Waals surface area contributed by atoms with E-state index in [0.29, 0.717) is 6.54 Å². The second kappa shape index (κ2) is 3.92. The molecule has 0 aromatic rings. The molecule has 0 aromatic heterocycles. The lowest BCUT2D eigenvalue weighted by Gasteiger charge is -2.25. The second-order valence-corrected chi connectivity index (χ2v) is 4.32. The monoisotopic (exact) mass is 197 g/mol. The summed E-state index contributed by atoms with van der Waals surface area (Å²) in [5.74, 6) is -0.362. The Morgan fingerprint density at radius 1 is 1.50 bits per heavy atom. The van der Waals surface area contributed by atoms with Gasteiger partial charge in [0.15, 0.2) is 5.78 Å². The number of rotatable bonds is 1. The van der Waals surface area contributed by atoms with E-state index >= 15 is 0 Å². The summed E-state index contributed by atoms with van der Waals surface area (Å²) in [7, 11) is 0. The maximum absolute atomic E-state index is 11.4. The molecule has 0 saturated heterocycles. The van der Waals surface area contributed by atoms with E-state index in [1.165, 1.54) is 11.1 Å². The van der Waals surface area contributed by atoms with Gasteiger partial charge >= 0.3 is 5.97 Å². The lowest BCUT2D eigenvalue weighted by Crippen LogP contribution is -2.38. The molecule has 0 bridgehead atoms. The molecule has 0 N–H and O–H groups in total. The Morgan fingerprint density at radius 2 is 2.14 bits per heavy atom. The van der Waals surface area contributed by atoms with Gasteiger partial charge in [-0.25, -0.2) is 4.79 Å². The molecule has 0 unspecified atom stereocenters. The summed E-state index contributed by atoms with van der Waals surface area (Å²) in [6.07, 6.45) is 3.18. The molecule has 0 fully saturated rings. The predicted octanol–water partition coefficient (Wildman–Crippen LogP) is 0.932. The maximum Gasteiger partial charge on any atom is 0.330 e. The number of hydrogen-bond acceptors (Lipinski definition) is 4. The summed E-state index contributed by atoms with van der Waals surface area (Å²) in [5.41, 5.74) is -0.537.